The number of rotatable bonds is 8. The zero-order valence-electron chi connectivity index (χ0n) is 13.1. The average Bonchev–Trinajstić information content (AvgIpc) is 2.44. The molecule has 1 atom stereocenters. The minimum Gasteiger partial charge on any atom is -0.497 e. The summed E-state index contributed by atoms with van der Waals surface area (Å²) in [5.41, 5.74) is 0.557. The molecule has 0 saturated carbocycles. The van der Waals surface area contributed by atoms with Gasteiger partial charge in [-0.25, -0.2) is 13.1 Å². The molecule has 2 N–H and O–H groups in total. The van der Waals surface area contributed by atoms with E-state index >= 15 is 0 Å². The highest BCUT2D eigenvalue weighted by Crippen LogP contribution is 2.22. The summed E-state index contributed by atoms with van der Waals surface area (Å²) in [4.78, 5) is 0.202. The summed E-state index contributed by atoms with van der Waals surface area (Å²) in [6.07, 6.45) is 0.271. The highest BCUT2D eigenvalue weighted by molar-refractivity contribution is 7.89. The van der Waals surface area contributed by atoms with Crippen LogP contribution >= 0.6 is 0 Å². The van der Waals surface area contributed by atoms with Crippen LogP contribution in [0.4, 0.5) is 0 Å². The van der Waals surface area contributed by atoms with Crippen molar-refractivity contribution < 1.29 is 18.3 Å². The predicted molar refractivity (Wildman–Crippen MR) is 83.0 cm³/mol. The first-order valence-corrected chi connectivity index (χ1v) is 8.57. The number of benzene rings is 1. The van der Waals surface area contributed by atoms with Crippen LogP contribution in [-0.4, -0.2) is 33.8 Å². The van der Waals surface area contributed by atoms with E-state index in [4.69, 9.17) is 9.84 Å². The van der Waals surface area contributed by atoms with Crippen molar-refractivity contribution in [3.8, 4) is 5.75 Å². The fourth-order valence-electron chi connectivity index (χ4n) is 1.82. The highest BCUT2D eigenvalue weighted by Gasteiger charge is 2.20. The molecule has 1 unspecified atom stereocenters. The van der Waals surface area contributed by atoms with Gasteiger partial charge in [-0.15, -0.1) is 0 Å². The molecular weight excluding hydrogens is 290 g/mol. The van der Waals surface area contributed by atoms with Crippen LogP contribution in [0.1, 0.15) is 26.3 Å². The van der Waals surface area contributed by atoms with Crippen molar-refractivity contribution >= 4 is 10.0 Å². The molecule has 5 nitrogen and oxygen atoms in total. The van der Waals surface area contributed by atoms with E-state index in [0.29, 0.717) is 23.8 Å². The Morgan fingerprint density at radius 2 is 1.95 bits per heavy atom. The van der Waals surface area contributed by atoms with Gasteiger partial charge in [-0.1, -0.05) is 20.8 Å². The van der Waals surface area contributed by atoms with Gasteiger partial charge in [-0.2, -0.15) is 0 Å². The van der Waals surface area contributed by atoms with Gasteiger partial charge in [0.15, 0.2) is 0 Å². The molecule has 1 rings (SSSR count). The molecule has 1 aromatic rings. The highest BCUT2D eigenvalue weighted by atomic mass is 32.2. The van der Waals surface area contributed by atoms with E-state index in [9.17, 15) is 8.42 Å². The number of ether oxygens (including phenoxy) is 1. The number of aliphatic hydroxyl groups excluding tert-OH is 1. The fraction of sp³-hybridized carbons (Fsp3) is 0.600. The molecule has 1 aromatic carbocycles. The summed E-state index contributed by atoms with van der Waals surface area (Å²) in [6.45, 7) is 6.41. The number of methoxy groups -OCH3 is 1. The van der Waals surface area contributed by atoms with Crippen LogP contribution in [0.3, 0.4) is 0 Å². The van der Waals surface area contributed by atoms with Crippen molar-refractivity contribution in [1.82, 2.24) is 4.72 Å². The lowest BCUT2D eigenvalue weighted by Gasteiger charge is -2.17. The molecule has 0 fully saturated rings. The van der Waals surface area contributed by atoms with E-state index < -0.39 is 10.0 Å². The first-order valence-electron chi connectivity index (χ1n) is 7.09. The quantitative estimate of drug-likeness (QED) is 0.767. The van der Waals surface area contributed by atoms with Crippen molar-refractivity contribution in [3.05, 3.63) is 23.8 Å². The Hall–Kier alpha value is -1.11. The summed E-state index contributed by atoms with van der Waals surface area (Å²) in [6, 6.07) is 4.78. The Balaban J connectivity index is 3.01. The Morgan fingerprint density at radius 3 is 2.48 bits per heavy atom. The van der Waals surface area contributed by atoms with Gasteiger partial charge in [0, 0.05) is 13.2 Å². The third kappa shape index (κ3) is 4.98. The zero-order chi connectivity index (χ0) is 16.0. The van der Waals surface area contributed by atoms with Gasteiger partial charge in [0.05, 0.1) is 12.0 Å². The van der Waals surface area contributed by atoms with E-state index in [0.717, 1.165) is 0 Å². The number of nitrogens with one attached hydrogen (secondary N) is 1. The third-order valence-corrected chi connectivity index (χ3v) is 5.20. The van der Waals surface area contributed by atoms with Gasteiger partial charge in [0.1, 0.15) is 5.75 Å². The van der Waals surface area contributed by atoms with Crippen molar-refractivity contribution in [3.63, 3.8) is 0 Å². The van der Waals surface area contributed by atoms with E-state index in [2.05, 4.69) is 18.6 Å². The minimum absolute atomic E-state index is 0.113. The second kappa shape index (κ2) is 7.77. The summed E-state index contributed by atoms with van der Waals surface area (Å²) < 4.78 is 32.6. The Kier molecular flexibility index (Phi) is 6.64. The van der Waals surface area contributed by atoms with E-state index in [1.165, 1.54) is 13.2 Å². The first-order chi connectivity index (χ1) is 9.81. The van der Waals surface area contributed by atoms with Gasteiger partial charge >= 0.3 is 0 Å². The third-order valence-electron chi connectivity index (χ3n) is 3.67. The standard InChI is InChI=1S/C15H25NO4S/c1-11(2)12(3)10-16-21(18,19)15-6-5-14(20-4)9-13(15)7-8-17/h5-6,9,11-12,16-17H,7-8,10H2,1-4H3. The van der Waals surface area contributed by atoms with Gasteiger partial charge < -0.3 is 9.84 Å². The minimum atomic E-state index is -3.58. The number of sulfonamides is 1. The maximum Gasteiger partial charge on any atom is 0.240 e. The number of aliphatic hydroxyl groups is 1. The molecule has 0 saturated heterocycles. The Labute approximate surface area is 127 Å². The van der Waals surface area contributed by atoms with Crippen LogP contribution < -0.4 is 9.46 Å². The largest absolute Gasteiger partial charge is 0.497 e. The molecular formula is C15H25NO4S. The molecule has 0 aromatic heterocycles. The van der Waals surface area contributed by atoms with Crippen LogP contribution in [-0.2, 0) is 16.4 Å². The summed E-state index contributed by atoms with van der Waals surface area (Å²) in [5, 5.41) is 9.11. The van der Waals surface area contributed by atoms with Crippen molar-refractivity contribution in [1.29, 1.82) is 0 Å². The summed E-state index contributed by atoms with van der Waals surface area (Å²) in [5.74, 6) is 1.23. The van der Waals surface area contributed by atoms with Gasteiger partial charge in [0.2, 0.25) is 10.0 Å². The van der Waals surface area contributed by atoms with Crippen LogP contribution in [0.5, 0.6) is 5.75 Å². The molecule has 0 heterocycles. The maximum absolute atomic E-state index is 12.4. The summed E-state index contributed by atoms with van der Waals surface area (Å²) >= 11 is 0. The second-order valence-corrected chi connectivity index (χ2v) is 7.26. The monoisotopic (exact) mass is 315 g/mol. The second-order valence-electron chi connectivity index (χ2n) is 5.52. The van der Waals surface area contributed by atoms with Gasteiger partial charge in [-0.3, -0.25) is 0 Å². The van der Waals surface area contributed by atoms with E-state index in [-0.39, 0.29) is 23.8 Å². The molecule has 6 heteroatoms. The fourth-order valence-corrected chi connectivity index (χ4v) is 3.21. The maximum atomic E-state index is 12.4. The van der Waals surface area contributed by atoms with Crippen LogP contribution in [0.15, 0.2) is 23.1 Å². The molecule has 0 radical (unpaired) electrons. The molecule has 0 amide bonds. The summed E-state index contributed by atoms with van der Waals surface area (Å²) in [7, 11) is -2.06. The van der Waals surface area contributed by atoms with Crippen molar-refractivity contribution in [2.24, 2.45) is 11.8 Å². The lowest BCUT2D eigenvalue weighted by atomic mass is 9.99. The average molecular weight is 315 g/mol. The van der Waals surface area contributed by atoms with Crippen LogP contribution in [0, 0.1) is 11.8 Å². The predicted octanol–water partition coefficient (Wildman–Crippen LogP) is 1.80. The van der Waals surface area contributed by atoms with Gasteiger partial charge in [-0.05, 0) is 42.0 Å². The van der Waals surface area contributed by atoms with Gasteiger partial charge in [0.25, 0.3) is 0 Å². The molecule has 0 bridgehead atoms. The number of hydrogen-bond acceptors (Lipinski definition) is 4. The van der Waals surface area contributed by atoms with Crippen molar-refractivity contribution in [2.45, 2.75) is 32.1 Å². The number of hydrogen-bond donors (Lipinski definition) is 2. The first kappa shape index (κ1) is 17.9. The topological polar surface area (TPSA) is 75.6 Å². The Bertz CT molecular complexity index is 555. The molecule has 0 aliphatic rings. The zero-order valence-corrected chi connectivity index (χ0v) is 13.9. The van der Waals surface area contributed by atoms with E-state index in [1.54, 1.807) is 12.1 Å². The van der Waals surface area contributed by atoms with Crippen molar-refractivity contribution in [2.75, 3.05) is 20.3 Å². The lowest BCUT2D eigenvalue weighted by molar-refractivity contribution is 0.298. The lowest BCUT2D eigenvalue weighted by Crippen LogP contribution is -2.31. The molecule has 0 aliphatic carbocycles. The molecule has 120 valence electrons. The Morgan fingerprint density at radius 1 is 1.29 bits per heavy atom. The molecule has 0 aliphatic heterocycles. The SMILES string of the molecule is COc1ccc(S(=O)(=O)NCC(C)C(C)C)c(CCO)c1. The van der Waals surface area contributed by atoms with Crippen LogP contribution in [0.25, 0.3) is 0 Å². The molecule has 0 spiro atoms. The smallest absolute Gasteiger partial charge is 0.240 e. The molecule has 21 heavy (non-hydrogen) atoms. The van der Waals surface area contributed by atoms with Crippen LogP contribution in [0.2, 0.25) is 0 Å². The van der Waals surface area contributed by atoms with E-state index in [1.807, 2.05) is 6.92 Å². The normalized spacial score (nSPS) is 13.4.